The second-order valence-corrected chi connectivity index (χ2v) is 9.91. The normalized spacial score (nSPS) is 11.4. The average Bonchev–Trinajstić information content (AvgIpc) is 2.83. The average molecular weight is 511 g/mol. The fraction of sp³-hybridized carbons (Fsp3) is 0.500. The Bertz CT molecular complexity index is 1210. The number of hydrogen-bond acceptors (Lipinski definition) is 5. The molecule has 0 atom stereocenters. The highest BCUT2D eigenvalue weighted by Crippen LogP contribution is 2.35. The Morgan fingerprint density at radius 2 is 1.62 bits per heavy atom. The Morgan fingerprint density at radius 1 is 0.946 bits per heavy atom. The van der Waals surface area contributed by atoms with E-state index in [0.717, 1.165) is 44.1 Å². The Kier molecular flexibility index (Phi) is 12.1. The smallest absolute Gasteiger partial charge is 0.297 e. The summed E-state index contributed by atoms with van der Waals surface area (Å²) in [6.07, 6.45) is 11.9. The highest BCUT2D eigenvalue weighted by Gasteiger charge is 2.21. The van der Waals surface area contributed by atoms with Crippen molar-refractivity contribution in [2.24, 2.45) is 0 Å². The summed E-state index contributed by atoms with van der Waals surface area (Å²) < 4.78 is 13.8. The van der Waals surface area contributed by atoms with E-state index in [1.165, 1.54) is 23.3 Å². The highest BCUT2D eigenvalue weighted by atomic mass is 16.6. The number of hydrogen-bond donors (Lipinski definition) is 0. The number of nitro benzene ring substituents is 1. The van der Waals surface area contributed by atoms with Gasteiger partial charge in [-0.05, 0) is 72.1 Å². The third kappa shape index (κ3) is 9.23. The third-order valence-corrected chi connectivity index (χ3v) is 6.08. The van der Waals surface area contributed by atoms with Crippen molar-refractivity contribution in [2.45, 2.75) is 86.6 Å². The molecule has 0 aliphatic carbocycles. The Labute approximate surface area is 220 Å². The lowest BCUT2D eigenvalue weighted by atomic mass is 10.1. The molecule has 7 nitrogen and oxygen atoms in total. The molecule has 2 aromatic rings. The van der Waals surface area contributed by atoms with E-state index in [-0.39, 0.29) is 30.2 Å². The van der Waals surface area contributed by atoms with Crippen LogP contribution in [0.25, 0.3) is 10.9 Å². The van der Waals surface area contributed by atoms with Crippen molar-refractivity contribution < 1.29 is 14.4 Å². The van der Waals surface area contributed by atoms with Crippen LogP contribution in [-0.4, -0.2) is 22.7 Å². The third-order valence-electron chi connectivity index (χ3n) is 6.08. The first-order chi connectivity index (χ1) is 17.6. The van der Waals surface area contributed by atoms with Crippen molar-refractivity contribution >= 4 is 16.6 Å². The van der Waals surface area contributed by atoms with Crippen LogP contribution in [0.2, 0.25) is 0 Å². The molecule has 0 fully saturated rings. The fourth-order valence-corrected chi connectivity index (χ4v) is 3.94. The number of fused-ring (bicyclic) bond motifs is 1. The number of nitrogens with zero attached hydrogens (tertiary/aromatic N) is 2. The van der Waals surface area contributed by atoms with Crippen molar-refractivity contribution in [3.8, 4) is 11.5 Å². The number of ether oxygens (including phenoxy) is 2. The van der Waals surface area contributed by atoms with Gasteiger partial charge >= 0.3 is 0 Å². The molecule has 0 amide bonds. The summed E-state index contributed by atoms with van der Waals surface area (Å²) in [5.74, 6) is 0.472. The molecule has 0 N–H and O–H groups in total. The SMILES string of the molecule is CCCCCCn1c(=O)c(OC/C=C(\C)CCC=C(C)C)c(OCC=C(C)C)c2ccc([N+](=O)[O-])cc21. The van der Waals surface area contributed by atoms with Gasteiger partial charge in [-0.3, -0.25) is 14.9 Å². The lowest BCUT2D eigenvalue weighted by Crippen LogP contribution is -2.24. The van der Waals surface area contributed by atoms with Crippen LogP contribution in [-0.2, 0) is 6.54 Å². The van der Waals surface area contributed by atoms with Gasteiger partial charge < -0.3 is 14.0 Å². The topological polar surface area (TPSA) is 83.6 Å². The van der Waals surface area contributed by atoms with E-state index in [1.54, 1.807) is 10.6 Å². The molecule has 2 rings (SSSR count). The van der Waals surface area contributed by atoms with Gasteiger partial charge in [0.2, 0.25) is 5.75 Å². The van der Waals surface area contributed by atoms with Crippen LogP contribution in [0.3, 0.4) is 0 Å². The summed E-state index contributed by atoms with van der Waals surface area (Å²) in [6.45, 7) is 13.3. The van der Waals surface area contributed by atoms with E-state index in [1.807, 2.05) is 26.0 Å². The van der Waals surface area contributed by atoms with Gasteiger partial charge in [-0.2, -0.15) is 0 Å². The van der Waals surface area contributed by atoms with Crippen LogP contribution in [0.4, 0.5) is 5.69 Å². The Hall–Kier alpha value is -3.35. The molecule has 0 aliphatic heterocycles. The number of aromatic nitrogens is 1. The fourth-order valence-electron chi connectivity index (χ4n) is 3.94. The first-order valence-electron chi connectivity index (χ1n) is 13.2. The van der Waals surface area contributed by atoms with E-state index < -0.39 is 4.92 Å². The molecule has 0 spiro atoms. The van der Waals surface area contributed by atoms with Gasteiger partial charge in [-0.15, -0.1) is 0 Å². The molecular weight excluding hydrogens is 468 g/mol. The lowest BCUT2D eigenvalue weighted by molar-refractivity contribution is -0.384. The Balaban J connectivity index is 2.54. The zero-order valence-corrected chi connectivity index (χ0v) is 23.3. The minimum Gasteiger partial charge on any atom is -0.485 e. The van der Waals surface area contributed by atoms with Gasteiger partial charge in [0.05, 0.1) is 10.4 Å². The van der Waals surface area contributed by atoms with Crippen molar-refractivity contribution in [2.75, 3.05) is 13.2 Å². The van der Waals surface area contributed by atoms with Crippen LogP contribution >= 0.6 is 0 Å². The summed E-state index contributed by atoms with van der Waals surface area (Å²) >= 11 is 0. The molecule has 1 heterocycles. The maximum Gasteiger partial charge on any atom is 0.297 e. The monoisotopic (exact) mass is 510 g/mol. The number of benzene rings is 1. The summed E-state index contributed by atoms with van der Waals surface area (Å²) in [5, 5.41) is 12.1. The molecule has 7 heteroatoms. The predicted octanol–water partition coefficient (Wildman–Crippen LogP) is 7.91. The summed E-state index contributed by atoms with van der Waals surface area (Å²) in [4.78, 5) is 24.8. The number of non-ortho nitro benzene ring substituents is 1. The quantitative estimate of drug-likeness (QED) is 0.105. The molecule has 0 saturated carbocycles. The standard InChI is InChI=1S/C30H42N2O5/c1-7-8-9-10-18-31-27-21-25(32(34)35)14-15-26(27)28(36-19-16-23(4)5)29(30(31)33)37-20-17-24(6)13-11-12-22(2)3/h12,14-17,21H,7-11,13,18-20H2,1-6H3/b24-17+. The molecule has 0 bridgehead atoms. The van der Waals surface area contributed by atoms with Crippen LogP contribution in [0.15, 0.2) is 57.9 Å². The first-order valence-corrected chi connectivity index (χ1v) is 13.2. The maximum absolute atomic E-state index is 13.7. The van der Waals surface area contributed by atoms with E-state index in [0.29, 0.717) is 23.2 Å². The molecule has 1 aromatic carbocycles. The highest BCUT2D eigenvalue weighted by molar-refractivity contribution is 5.89. The van der Waals surface area contributed by atoms with Gasteiger partial charge in [0.25, 0.3) is 11.2 Å². The maximum atomic E-state index is 13.7. The minimum absolute atomic E-state index is 0.0620. The number of rotatable bonds is 15. The van der Waals surface area contributed by atoms with Crippen LogP contribution in [0, 0.1) is 10.1 Å². The van der Waals surface area contributed by atoms with Crippen LogP contribution < -0.4 is 15.0 Å². The van der Waals surface area contributed by atoms with Gasteiger partial charge in [0, 0.05) is 24.1 Å². The van der Waals surface area contributed by atoms with Crippen LogP contribution in [0.1, 0.15) is 80.1 Å². The molecule has 0 radical (unpaired) electrons. The number of nitro groups is 1. The van der Waals surface area contributed by atoms with Crippen molar-refractivity contribution in [1.29, 1.82) is 0 Å². The van der Waals surface area contributed by atoms with E-state index in [9.17, 15) is 14.9 Å². The number of unbranched alkanes of at least 4 members (excludes halogenated alkanes) is 3. The molecule has 202 valence electrons. The summed E-state index contributed by atoms with van der Waals surface area (Å²) in [6, 6.07) is 4.56. The van der Waals surface area contributed by atoms with Gasteiger partial charge in [0.15, 0.2) is 5.75 Å². The molecule has 0 saturated heterocycles. The summed E-state index contributed by atoms with van der Waals surface area (Å²) in [5.41, 5.74) is 3.66. The second-order valence-electron chi connectivity index (χ2n) is 9.91. The minimum atomic E-state index is -0.442. The zero-order valence-electron chi connectivity index (χ0n) is 23.3. The molecule has 37 heavy (non-hydrogen) atoms. The summed E-state index contributed by atoms with van der Waals surface area (Å²) in [7, 11) is 0. The second kappa shape index (κ2) is 15.0. The number of pyridine rings is 1. The molecule has 1 aromatic heterocycles. The first kappa shape index (κ1) is 29.9. The molecular formula is C30H42N2O5. The van der Waals surface area contributed by atoms with E-state index >= 15 is 0 Å². The molecule has 0 aliphatic rings. The van der Waals surface area contributed by atoms with Crippen molar-refractivity contribution in [3.63, 3.8) is 0 Å². The largest absolute Gasteiger partial charge is 0.485 e. The van der Waals surface area contributed by atoms with Crippen LogP contribution in [0.5, 0.6) is 11.5 Å². The number of aryl methyl sites for hydroxylation is 1. The lowest BCUT2D eigenvalue weighted by Gasteiger charge is -2.18. The molecule has 0 unspecified atom stereocenters. The van der Waals surface area contributed by atoms with Gasteiger partial charge in [-0.25, -0.2) is 0 Å². The van der Waals surface area contributed by atoms with Crippen molar-refractivity contribution in [1.82, 2.24) is 4.57 Å². The Morgan fingerprint density at radius 3 is 2.27 bits per heavy atom. The van der Waals surface area contributed by atoms with E-state index in [2.05, 4.69) is 33.8 Å². The number of allylic oxidation sites excluding steroid dienone is 4. The zero-order chi connectivity index (χ0) is 27.4. The van der Waals surface area contributed by atoms with Crippen molar-refractivity contribution in [3.05, 3.63) is 73.6 Å². The van der Waals surface area contributed by atoms with E-state index in [4.69, 9.17) is 9.47 Å². The van der Waals surface area contributed by atoms with Gasteiger partial charge in [-0.1, -0.05) is 49.0 Å². The predicted molar refractivity (Wildman–Crippen MR) is 152 cm³/mol. The van der Waals surface area contributed by atoms with Gasteiger partial charge in [0.1, 0.15) is 13.2 Å².